The van der Waals surface area contributed by atoms with Gasteiger partial charge in [-0.25, -0.2) is 5.21 Å². The molecule has 2 rings (SSSR count). The van der Waals surface area contributed by atoms with Gasteiger partial charge in [0.25, 0.3) is 11.8 Å². The molecule has 0 saturated carbocycles. The van der Waals surface area contributed by atoms with E-state index in [0.29, 0.717) is 0 Å². The molecule has 0 bridgehead atoms. The first-order valence-electron chi connectivity index (χ1n) is 7.15. The zero-order valence-electron chi connectivity index (χ0n) is 13.2. The van der Waals surface area contributed by atoms with Crippen LogP contribution in [0.15, 0.2) is 59.0 Å². The Morgan fingerprint density at radius 3 is 2.58 bits per heavy atom. The van der Waals surface area contributed by atoms with Crippen molar-refractivity contribution in [2.75, 3.05) is 0 Å². The van der Waals surface area contributed by atoms with Gasteiger partial charge in [-0.2, -0.15) is 20.7 Å². The summed E-state index contributed by atoms with van der Waals surface area (Å²) in [4.78, 5) is 27.4. The van der Waals surface area contributed by atoms with Gasteiger partial charge < -0.3 is 5.21 Å². The number of nitriles is 1. The number of amides is 2. The Labute approximate surface area is 147 Å². The Morgan fingerprint density at radius 1 is 1.27 bits per heavy atom. The zero-order valence-corrected chi connectivity index (χ0v) is 13.2. The van der Waals surface area contributed by atoms with Gasteiger partial charge in [0.05, 0.1) is 11.3 Å². The van der Waals surface area contributed by atoms with Crippen LogP contribution in [-0.2, 0) is 4.79 Å². The number of rotatable bonds is 5. The van der Waals surface area contributed by atoms with Gasteiger partial charge in [-0.05, 0) is 24.3 Å². The predicted octanol–water partition coefficient (Wildman–Crippen LogP) is -0.0779. The highest BCUT2D eigenvalue weighted by Crippen LogP contribution is 2.14. The molecular formula is C15H13N7O4. The third-order valence-corrected chi connectivity index (χ3v) is 3.00. The lowest BCUT2D eigenvalue weighted by atomic mass is 10.3. The van der Waals surface area contributed by atoms with Gasteiger partial charge in [0.1, 0.15) is 6.07 Å². The largest absolute Gasteiger partial charge is 0.595 e. The van der Waals surface area contributed by atoms with Crippen molar-refractivity contribution < 1.29 is 20.0 Å². The van der Waals surface area contributed by atoms with E-state index in [-0.39, 0.29) is 16.9 Å². The number of benzene rings is 1. The molecule has 0 spiro atoms. The fourth-order valence-electron chi connectivity index (χ4n) is 1.69. The minimum atomic E-state index is -1.50. The number of aromatic nitrogens is 1. The molecule has 0 aliphatic heterocycles. The van der Waals surface area contributed by atoms with E-state index >= 15 is 0 Å². The molecule has 1 aromatic carbocycles. The number of nitrogens with one attached hydrogen (secondary N) is 3. The number of hydrazine groups is 1. The summed E-state index contributed by atoms with van der Waals surface area (Å²) in [6, 6.07) is 8.57. The van der Waals surface area contributed by atoms with Crippen molar-refractivity contribution >= 4 is 23.2 Å². The average molecular weight is 355 g/mol. The van der Waals surface area contributed by atoms with Crippen LogP contribution in [-0.4, -0.2) is 28.0 Å². The standard InChI is InChI=1S/C15H13N7O4/c16-8-13(19-18-11-3-5-12(6-4-11)22(25)26)15(24)21-20-14(23)10-2-1-7-17-9-10/h1-7,9,13,22,25H,(H,20,23)(H,21,24). The van der Waals surface area contributed by atoms with E-state index in [1.165, 1.54) is 42.7 Å². The third-order valence-electron chi connectivity index (χ3n) is 3.00. The second-order valence-electron chi connectivity index (χ2n) is 4.78. The van der Waals surface area contributed by atoms with E-state index < -0.39 is 23.1 Å². The van der Waals surface area contributed by atoms with Crippen LogP contribution in [0, 0.1) is 16.5 Å². The molecule has 0 aliphatic carbocycles. The molecule has 4 N–H and O–H groups in total. The number of hydrogen-bond acceptors (Lipinski definition) is 8. The Kier molecular flexibility index (Phi) is 6.40. The first-order chi connectivity index (χ1) is 12.5. The lowest BCUT2D eigenvalue weighted by Gasteiger charge is -2.10. The molecule has 11 nitrogen and oxygen atoms in total. The normalized spacial score (nSPS) is 12.8. The molecule has 11 heteroatoms. The summed E-state index contributed by atoms with van der Waals surface area (Å²) in [5, 5.41) is 34.8. The second-order valence-corrected chi connectivity index (χ2v) is 4.78. The average Bonchev–Trinajstić information content (AvgIpc) is 2.67. The maximum atomic E-state index is 11.9. The van der Waals surface area contributed by atoms with Crippen LogP contribution in [0.2, 0.25) is 0 Å². The van der Waals surface area contributed by atoms with E-state index in [0.717, 1.165) is 0 Å². The quantitative estimate of drug-likeness (QED) is 0.432. The Hall–Kier alpha value is -3.72. The molecule has 2 unspecified atom stereocenters. The van der Waals surface area contributed by atoms with E-state index in [9.17, 15) is 14.8 Å². The molecule has 1 aromatic heterocycles. The van der Waals surface area contributed by atoms with Crippen molar-refractivity contribution in [2.45, 2.75) is 6.04 Å². The Morgan fingerprint density at radius 2 is 2.00 bits per heavy atom. The van der Waals surface area contributed by atoms with Crippen molar-refractivity contribution in [3.63, 3.8) is 0 Å². The van der Waals surface area contributed by atoms with Crippen LogP contribution >= 0.6 is 0 Å². The molecule has 0 fully saturated rings. The third kappa shape index (κ3) is 5.14. The smallest absolute Gasteiger partial charge is 0.279 e. The molecule has 2 aromatic rings. The minimum absolute atomic E-state index is 0.0663. The molecular weight excluding hydrogens is 342 g/mol. The van der Waals surface area contributed by atoms with Crippen LogP contribution in [0.5, 0.6) is 0 Å². The number of nitrogens with zero attached hydrogens (tertiary/aromatic N) is 4. The highest BCUT2D eigenvalue weighted by molar-refractivity contribution is 5.95. The molecule has 0 aliphatic rings. The van der Waals surface area contributed by atoms with Crippen molar-refractivity contribution in [3.05, 3.63) is 59.6 Å². The van der Waals surface area contributed by atoms with E-state index in [4.69, 9.17) is 10.5 Å². The molecule has 0 saturated heterocycles. The van der Waals surface area contributed by atoms with Crippen LogP contribution in [0.3, 0.4) is 0 Å². The van der Waals surface area contributed by atoms with Crippen LogP contribution in [0.25, 0.3) is 0 Å². The number of quaternary nitrogens is 1. The number of azo groups is 1. The summed E-state index contributed by atoms with van der Waals surface area (Å²) in [6.45, 7) is 0. The van der Waals surface area contributed by atoms with Crippen molar-refractivity contribution in [1.29, 1.82) is 5.26 Å². The molecule has 26 heavy (non-hydrogen) atoms. The van der Waals surface area contributed by atoms with Gasteiger partial charge >= 0.3 is 0 Å². The summed E-state index contributed by atoms with van der Waals surface area (Å²) >= 11 is 0. The van der Waals surface area contributed by atoms with Gasteiger partial charge in [0.15, 0.2) is 5.69 Å². The predicted molar refractivity (Wildman–Crippen MR) is 86.0 cm³/mol. The zero-order chi connectivity index (χ0) is 18.9. The highest BCUT2D eigenvalue weighted by Gasteiger charge is 2.18. The van der Waals surface area contributed by atoms with E-state index in [2.05, 4.69) is 26.1 Å². The van der Waals surface area contributed by atoms with Crippen molar-refractivity contribution in [2.24, 2.45) is 10.2 Å². The number of carbonyl (C=O) groups excluding carboxylic acids is 2. The Balaban J connectivity index is 1.94. The maximum Gasteiger partial charge on any atom is 0.279 e. The highest BCUT2D eigenvalue weighted by atomic mass is 16.8. The van der Waals surface area contributed by atoms with E-state index in [1.54, 1.807) is 12.1 Å². The topological polar surface area (TPSA) is 167 Å². The second kappa shape index (κ2) is 8.94. The lowest BCUT2D eigenvalue weighted by Crippen LogP contribution is -2.99. The summed E-state index contributed by atoms with van der Waals surface area (Å²) in [5.74, 6) is -1.49. The van der Waals surface area contributed by atoms with Gasteiger partial charge in [-0.15, -0.1) is 0 Å². The van der Waals surface area contributed by atoms with Gasteiger partial charge in [-0.3, -0.25) is 25.4 Å². The summed E-state index contributed by atoms with van der Waals surface area (Å²) in [7, 11) is 0. The molecule has 0 radical (unpaired) electrons. The number of pyridine rings is 1. The fourth-order valence-corrected chi connectivity index (χ4v) is 1.69. The summed E-state index contributed by atoms with van der Waals surface area (Å²) in [5.41, 5.74) is 4.76. The van der Waals surface area contributed by atoms with Crippen LogP contribution in [0.4, 0.5) is 11.4 Å². The Bertz CT molecular complexity index is 831. The van der Waals surface area contributed by atoms with Gasteiger partial charge in [-0.1, -0.05) is 0 Å². The van der Waals surface area contributed by atoms with Crippen molar-refractivity contribution in [3.8, 4) is 6.07 Å². The van der Waals surface area contributed by atoms with Crippen LogP contribution < -0.4 is 16.1 Å². The molecule has 2 amide bonds. The molecule has 1 heterocycles. The number of hydrogen-bond donors (Lipinski definition) is 4. The van der Waals surface area contributed by atoms with Crippen LogP contribution in [0.1, 0.15) is 10.4 Å². The SMILES string of the molecule is N#CC(N=Nc1ccc([NH+]([O-])O)cc1)C(=O)NNC(=O)c1cccnc1. The first-order valence-corrected chi connectivity index (χ1v) is 7.15. The number of carbonyl (C=O) groups is 2. The maximum absolute atomic E-state index is 11.9. The van der Waals surface area contributed by atoms with E-state index in [1.807, 2.05) is 0 Å². The monoisotopic (exact) mass is 355 g/mol. The lowest BCUT2D eigenvalue weighted by molar-refractivity contribution is -0.991. The molecule has 132 valence electrons. The summed E-state index contributed by atoms with van der Waals surface area (Å²) < 4.78 is 0. The summed E-state index contributed by atoms with van der Waals surface area (Å²) in [6.07, 6.45) is 2.80. The molecule has 2 atom stereocenters. The minimum Gasteiger partial charge on any atom is -0.595 e. The van der Waals surface area contributed by atoms with Crippen molar-refractivity contribution in [1.82, 2.24) is 15.8 Å². The van der Waals surface area contributed by atoms with Gasteiger partial charge in [0, 0.05) is 24.5 Å². The first kappa shape index (κ1) is 18.6. The van der Waals surface area contributed by atoms with Gasteiger partial charge in [0.2, 0.25) is 6.04 Å². The fraction of sp³-hybridized carbons (Fsp3) is 0.0667.